The fourth-order valence-electron chi connectivity index (χ4n) is 2.12. The maximum atomic E-state index is 3.65. The molecule has 0 atom stereocenters. The third-order valence-corrected chi connectivity index (χ3v) is 4.30. The van der Waals surface area contributed by atoms with Crippen molar-refractivity contribution in [2.45, 2.75) is 0 Å². The number of anilines is 2. The summed E-state index contributed by atoms with van der Waals surface area (Å²) in [6.45, 7) is 0. The first-order chi connectivity index (χ1) is 8.43. The molecule has 0 bridgehead atoms. The lowest BCUT2D eigenvalue weighted by Gasteiger charge is -2.23. The molecule has 0 amide bonds. The Morgan fingerprint density at radius 3 is 1.39 bits per heavy atom. The molecule has 0 spiro atoms. The molecule has 0 heterocycles. The van der Waals surface area contributed by atoms with Crippen molar-refractivity contribution >= 4 is 54.0 Å². The second kappa shape index (κ2) is 5.10. The summed E-state index contributed by atoms with van der Waals surface area (Å²) in [6, 6.07) is 8.49. The van der Waals surface area contributed by atoms with Gasteiger partial charge < -0.3 is 9.80 Å². The van der Waals surface area contributed by atoms with Crippen LogP contribution in [0.5, 0.6) is 0 Å². The van der Waals surface area contributed by atoms with Crippen LogP contribution in [-0.4, -0.2) is 28.2 Å². The van der Waals surface area contributed by atoms with Crippen molar-refractivity contribution in [1.82, 2.24) is 0 Å². The van der Waals surface area contributed by atoms with Crippen molar-refractivity contribution in [3.8, 4) is 0 Å². The maximum Gasteiger partial charge on any atom is 0.0462 e. The van der Waals surface area contributed by atoms with Gasteiger partial charge >= 0.3 is 0 Å². The van der Waals surface area contributed by atoms with Crippen molar-refractivity contribution in [3.05, 3.63) is 33.2 Å². The molecule has 0 saturated carbocycles. The summed E-state index contributed by atoms with van der Waals surface area (Å²) in [7, 11) is 8.29. The van der Waals surface area contributed by atoms with Crippen LogP contribution < -0.4 is 9.80 Å². The van der Waals surface area contributed by atoms with Gasteiger partial charge in [-0.15, -0.1) is 0 Å². The third-order valence-electron chi connectivity index (χ3n) is 2.98. The van der Waals surface area contributed by atoms with Crippen LogP contribution in [0.2, 0.25) is 0 Å². The van der Waals surface area contributed by atoms with Crippen molar-refractivity contribution < 1.29 is 0 Å². The van der Waals surface area contributed by atoms with Crippen LogP contribution in [0.25, 0.3) is 10.8 Å². The molecule has 2 nitrogen and oxygen atoms in total. The highest BCUT2D eigenvalue weighted by atomic mass is 79.9. The van der Waals surface area contributed by atoms with Gasteiger partial charge in [-0.1, -0.05) is 31.9 Å². The summed E-state index contributed by atoms with van der Waals surface area (Å²) in [5.41, 5.74) is 2.44. The summed E-state index contributed by atoms with van der Waals surface area (Å²) in [4.78, 5) is 4.29. The molecule has 2 aromatic rings. The molecule has 0 radical (unpaired) electrons. The van der Waals surface area contributed by atoms with Crippen molar-refractivity contribution in [2.24, 2.45) is 0 Å². The van der Waals surface area contributed by atoms with Gasteiger partial charge in [-0.3, -0.25) is 0 Å². The van der Waals surface area contributed by atoms with E-state index < -0.39 is 0 Å². The summed E-state index contributed by atoms with van der Waals surface area (Å²) in [5, 5.41) is 2.47. The molecule has 18 heavy (non-hydrogen) atoms. The van der Waals surface area contributed by atoms with E-state index >= 15 is 0 Å². The second-order valence-electron chi connectivity index (χ2n) is 4.67. The van der Waals surface area contributed by atoms with E-state index in [0.717, 1.165) is 8.95 Å². The van der Waals surface area contributed by atoms with Crippen LogP contribution in [0.15, 0.2) is 33.2 Å². The molecule has 0 N–H and O–H groups in total. The van der Waals surface area contributed by atoms with Gasteiger partial charge in [0.05, 0.1) is 0 Å². The number of rotatable bonds is 2. The molecule has 0 aliphatic heterocycles. The highest BCUT2D eigenvalue weighted by molar-refractivity contribution is 9.11. The van der Waals surface area contributed by atoms with Gasteiger partial charge in [-0.25, -0.2) is 0 Å². The van der Waals surface area contributed by atoms with Gasteiger partial charge in [0.1, 0.15) is 0 Å². The lowest BCUT2D eigenvalue weighted by Crippen LogP contribution is -2.13. The Kier molecular flexibility index (Phi) is 3.87. The minimum atomic E-state index is 1.11. The predicted octanol–water partition coefficient (Wildman–Crippen LogP) is 4.50. The Bertz CT molecular complexity index is 543. The number of benzene rings is 2. The van der Waals surface area contributed by atoms with Gasteiger partial charge in [0.2, 0.25) is 0 Å². The van der Waals surface area contributed by atoms with E-state index in [1.165, 1.54) is 22.1 Å². The van der Waals surface area contributed by atoms with E-state index in [-0.39, 0.29) is 0 Å². The van der Waals surface area contributed by atoms with Crippen LogP contribution in [-0.2, 0) is 0 Å². The van der Waals surface area contributed by atoms with Gasteiger partial charge in [-0.05, 0) is 24.3 Å². The van der Waals surface area contributed by atoms with Crippen molar-refractivity contribution in [1.29, 1.82) is 0 Å². The number of fused-ring (bicyclic) bond motifs is 1. The minimum Gasteiger partial charge on any atom is -0.377 e. The molecule has 2 aromatic carbocycles. The van der Waals surface area contributed by atoms with Crippen LogP contribution in [0.1, 0.15) is 0 Å². The van der Waals surface area contributed by atoms with Gasteiger partial charge in [0.25, 0.3) is 0 Å². The smallest absolute Gasteiger partial charge is 0.0462 e. The topological polar surface area (TPSA) is 6.48 Å². The van der Waals surface area contributed by atoms with E-state index in [4.69, 9.17) is 0 Å². The zero-order chi connectivity index (χ0) is 13.4. The third kappa shape index (κ3) is 2.24. The highest BCUT2D eigenvalue weighted by Crippen LogP contribution is 2.41. The average molecular weight is 372 g/mol. The molecule has 0 aliphatic carbocycles. The summed E-state index contributed by atoms with van der Waals surface area (Å²) >= 11 is 7.29. The molecule has 4 heteroatoms. The summed E-state index contributed by atoms with van der Waals surface area (Å²) in [5.74, 6) is 0. The van der Waals surface area contributed by atoms with E-state index in [0.29, 0.717) is 0 Å². The zero-order valence-corrected chi connectivity index (χ0v) is 14.1. The lowest BCUT2D eigenvalue weighted by molar-refractivity contribution is 1.12. The van der Waals surface area contributed by atoms with Gasteiger partial charge in [0.15, 0.2) is 0 Å². The number of nitrogens with zero attached hydrogens (tertiary/aromatic N) is 2. The van der Waals surface area contributed by atoms with E-state index in [1.807, 2.05) is 0 Å². The molecule has 0 aromatic heterocycles. The van der Waals surface area contributed by atoms with Crippen LogP contribution in [0.4, 0.5) is 11.4 Å². The van der Waals surface area contributed by atoms with E-state index in [2.05, 4.69) is 94.1 Å². The number of hydrogen-bond acceptors (Lipinski definition) is 2. The van der Waals surface area contributed by atoms with Crippen LogP contribution in [0.3, 0.4) is 0 Å². The fraction of sp³-hybridized carbons (Fsp3) is 0.286. The largest absolute Gasteiger partial charge is 0.377 e. The van der Waals surface area contributed by atoms with Crippen LogP contribution in [0, 0.1) is 0 Å². The molecule has 2 rings (SSSR count). The van der Waals surface area contributed by atoms with Gasteiger partial charge in [-0.2, -0.15) is 0 Å². The Morgan fingerprint density at radius 1 is 0.667 bits per heavy atom. The highest BCUT2D eigenvalue weighted by Gasteiger charge is 2.14. The first kappa shape index (κ1) is 13.7. The van der Waals surface area contributed by atoms with Crippen molar-refractivity contribution in [2.75, 3.05) is 38.0 Å². The average Bonchev–Trinajstić information content (AvgIpc) is 2.28. The molecule has 0 unspecified atom stereocenters. The molecule has 0 fully saturated rings. The maximum absolute atomic E-state index is 3.65. The quantitative estimate of drug-likeness (QED) is 0.766. The monoisotopic (exact) mass is 370 g/mol. The Balaban J connectivity index is 2.97. The Hall–Kier alpha value is -0.740. The first-order valence-corrected chi connectivity index (χ1v) is 7.27. The van der Waals surface area contributed by atoms with Gasteiger partial charge in [0, 0.05) is 59.3 Å². The molecule has 96 valence electrons. The fourth-order valence-corrected chi connectivity index (χ4v) is 3.48. The summed E-state index contributed by atoms with van der Waals surface area (Å²) in [6.07, 6.45) is 0. The zero-order valence-electron chi connectivity index (χ0n) is 11.0. The van der Waals surface area contributed by atoms with Crippen molar-refractivity contribution in [3.63, 3.8) is 0 Å². The minimum absolute atomic E-state index is 1.11. The Labute approximate surface area is 125 Å². The number of hydrogen-bond donors (Lipinski definition) is 0. The standard InChI is InChI=1S/C14H16Br2N2/c1-17(2)11-7-5-9(15)13-10(16)6-8-12(14(11)13)18(3)4/h5-8H,1-4H3. The molecular weight excluding hydrogens is 356 g/mol. The second-order valence-corrected chi connectivity index (χ2v) is 6.38. The molecule has 0 saturated heterocycles. The molecule has 0 aliphatic rings. The predicted molar refractivity (Wildman–Crippen MR) is 88.0 cm³/mol. The Morgan fingerprint density at radius 2 is 1.06 bits per heavy atom. The molecular formula is C14H16Br2N2. The normalized spacial score (nSPS) is 10.8. The summed E-state index contributed by atoms with van der Waals surface area (Å²) < 4.78 is 2.22. The van der Waals surface area contributed by atoms with E-state index in [1.54, 1.807) is 0 Å². The SMILES string of the molecule is CN(C)c1ccc(Br)c2c(Br)ccc(N(C)C)c12. The number of halogens is 2. The lowest BCUT2D eigenvalue weighted by atomic mass is 10.1. The first-order valence-electron chi connectivity index (χ1n) is 5.69. The van der Waals surface area contributed by atoms with Crippen LogP contribution >= 0.6 is 31.9 Å². The van der Waals surface area contributed by atoms with E-state index in [9.17, 15) is 0 Å².